The fourth-order valence-corrected chi connectivity index (χ4v) is 2.97. The molecule has 0 bridgehead atoms. The molecule has 1 aromatic rings. The van der Waals surface area contributed by atoms with Crippen LogP contribution in [0.1, 0.15) is 31.7 Å². The molecule has 0 saturated heterocycles. The Hall–Kier alpha value is -1.28. The van der Waals surface area contributed by atoms with Gasteiger partial charge in [0.05, 0.1) is 6.54 Å². The summed E-state index contributed by atoms with van der Waals surface area (Å²) in [6.07, 6.45) is 8.14. The number of rotatable bonds is 10. The zero-order chi connectivity index (χ0) is 18.0. The van der Waals surface area contributed by atoms with E-state index in [4.69, 9.17) is 9.73 Å². The van der Waals surface area contributed by atoms with E-state index in [1.807, 2.05) is 0 Å². The number of nitrogens with zero attached hydrogens (tertiary/aromatic N) is 2. The van der Waals surface area contributed by atoms with Gasteiger partial charge in [-0.15, -0.1) is 24.0 Å². The largest absolute Gasteiger partial charge is 0.381 e. The third-order valence-electron chi connectivity index (χ3n) is 4.67. The molecule has 27 heavy (non-hydrogen) atoms. The Morgan fingerprint density at radius 1 is 1.22 bits per heavy atom. The van der Waals surface area contributed by atoms with Gasteiger partial charge < -0.3 is 20.3 Å². The molecule has 2 aliphatic rings. The van der Waals surface area contributed by atoms with Crippen molar-refractivity contribution in [2.75, 3.05) is 44.3 Å². The molecule has 0 spiro atoms. The fourth-order valence-electron chi connectivity index (χ4n) is 2.97. The second-order valence-electron chi connectivity index (χ2n) is 7.04. The van der Waals surface area contributed by atoms with Crippen molar-refractivity contribution >= 4 is 35.6 Å². The summed E-state index contributed by atoms with van der Waals surface area (Å²) >= 11 is 0. The zero-order valence-corrected chi connectivity index (χ0v) is 18.7. The maximum absolute atomic E-state index is 5.68. The zero-order valence-electron chi connectivity index (χ0n) is 16.3. The first kappa shape index (κ1) is 22.0. The van der Waals surface area contributed by atoms with Gasteiger partial charge in [0.2, 0.25) is 0 Å². The van der Waals surface area contributed by atoms with Crippen LogP contribution < -0.4 is 15.5 Å². The van der Waals surface area contributed by atoms with Crippen LogP contribution >= 0.6 is 24.0 Å². The average Bonchev–Trinajstić information content (AvgIpc) is 3.32. The Kier molecular flexibility index (Phi) is 9.97. The Labute approximate surface area is 180 Å². The number of anilines is 1. The quantitative estimate of drug-likeness (QED) is 0.175. The lowest BCUT2D eigenvalue weighted by atomic mass is 10.2. The van der Waals surface area contributed by atoms with Crippen molar-refractivity contribution < 1.29 is 4.74 Å². The molecule has 3 rings (SSSR count). The lowest BCUT2D eigenvalue weighted by Gasteiger charge is -2.18. The second-order valence-corrected chi connectivity index (χ2v) is 7.04. The molecule has 0 amide bonds. The van der Waals surface area contributed by atoms with Crippen LogP contribution in [-0.2, 0) is 11.3 Å². The Morgan fingerprint density at radius 3 is 2.78 bits per heavy atom. The molecular weight excluding hydrogens is 451 g/mol. The van der Waals surface area contributed by atoms with Gasteiger partial charge in [0.15, 0.2) is 5.96 Å². The number of halogens is 1. The van der Waals surface area contributed by atoms with Crippen LogP contribution in [0.15, 0.2) is 41.4 Å². The Balaban J connectivity index is 0.00000261. The van der Waals surface area contributed by atoms with Crippen LogP contribution in [0.5, 0.6) is 0 Å². The van der Waals surface area contributed by atoms with E-state index in [0.717, 1.165) is 57.7 Å². The molecule has 2 N–H and O–H groups in total. The van der Waals surface area contributed by atoms with Gasteiger partial charge >= 0.3 is 0 Å². The minimum absolute atomic E-state index is 0. The minimum Gasteiger partial charge on any atom is -0.381 e. The van der Waals surface area contributed by atoms with Gasteiger partial charge in [-0.3, -0.25) is 0 Å². The number of nitrogens with one attached hydrogen (secondary N) is 2. The van der Waals surface area contributed by atoms with E-state index < -0.39 is 0 Å². The summed E-state index contributed by atoms with van der Waals surface area (Å²) in [5.74, 6) is 1.72. The summed E-state index contributed by atoms with van der Waals surface area (Å²) in [4.78, 5) is 7.09. The van der Waals surface area contributed by atoms with Gasteiger partial charge in [0.25, 0.3) is 0 Å². The number of hydrogen-bond donors (Lipinski definition) is 2. The molecule has 1 saturated carbocycles. The maximum atomic E-state index is 5.68. The molecular formula is C21H33IN4O. The van der Waals surface area contributed by atoms with Crippen LogP contribution in [0.2, 0.25) is 0 Å². The molecule has 6 heteroatoms. The lowest BCUT2D eigenvalue weighted by molar-refractivity contribution is 0.123. The predicted octanol–water partition coefficient (Wildman–Crippen LogP) is 3.55. The van der Waals surface area contributed by atoms with Gasteiger partial charge in [0, 0.05) is 45.1 Å². The maximum Gasteiger partial charge on any atom is 0.191 e. The molecule has 0 atom stereocenters. The van der Waals surface area contributed by atoms with Gasteiger partial charge in [0.1, 0.15) is 0 Å². The van der Waals surface area contributed by atoms with E-state index in [2.05, 4.69) is 58.9 Å². The average molecular weight is 484 g/mol. The minimum atomic E-state index is 0. The van der Waals surface area contributed by atoms with Crippen LogP contribution in [0, 0.1) is 5.92 Å². The third kappa shape index (κ3) is 8.09. The summed E-state index contributed by atoms with van der Waals surface area (Å²) in [6, 6.07) is 8.68. The highest BCUT2D eigenvalue weighted by Crippen LogP contribution is 2.28. The predicted molar refractivity (Wildman–Crippen MR) is 124 cm³/mol. The Morgan fingerprint density at radius 2 is 2.04 bits per heavy atom. The smallest absolute Gasteiger partial charge is 0.191 e. The summed E-state index contributed by atoms with van der Waals surface area (Å²) in [7, 11) is 0. The molecule has 1 heterocycles. The first-order valence-electron chi connectivity index (χ1n) is 9.94. The number of ether oxygens (including phenoxy) is 1. The van der Waals surface area contributed by atoms with Crippen molar-refractivity contribution in [3.05, 3.63) is 42.0 Å². The summed E-state index contributed by atoms with van der Waals surface area (Å²) < 4.78 is 5.68. The molecule has 1 aromatic carbocycles. The molecule has 0 aromatic heterocycles. The molecule has 5 nitrogen and oxygen atoms in total. The first-order valence-corrected chi connectivity index (χ1v) is 9.94. The first-order chi connectivity index (χ1) is 12.8. The van der Waals surface area contributed by atoms with Crippen molar-refractivity contribution in [1.82, 2.24) is 10.6 Å². The summed E-state index contributed by atoms with van der Waals surface area (Å²) in [6.45, 7) is 8.30. The van der Waals surface area contributed by atoms with Crippen LogP contribution in [0.3, 0.4) is 0 Å². The van der Waals surface area contributed by atoms with Gasteiger partial charge in [-0.2, -0.15) is 0 Å². The van der Waals surface area contributed by atoms with E-state index >= 15 is 0 Å². The van der Waals surface area contributed by atoms with Crippen molar-refractivity contribution in [1.29, 1.82) is 0 Å². The fraction of sp³-hybridized carbons (Fsp3) is 0.571. The monoisotopic (exact) mass is 484 g/mol. The van der Waals surface area contributed by atoms with Crippen LogP contribution in [0.4, 0.5) is 5.69 Å². The van der Waals surface area contributed by atoms with Crippen LogP contribution in [0.25, 0.3) is 0 Å². The van der Waals surface area contributed by atoms with Gasteiger partial charge in [-0.1, -0.05) is 24.3 Å². The molecule has 1 aliphatic heterocycles. The summed E-state index contributed by atoms with van der Waals surface area (Å²) in [5, 5.41) is 6.72. The highest BCUT2D eigenvalue weighted by atomic mass is 127. The molecule has 1 fully saturated rings. The third-order valence-corrected chi connectivity index (χ3v) is 4.67. The Bertz CT molecular complexity index is 608. The summed E-state index contributed by atoms with van der Waals surface area (Å²) in [5.41, 5.74) is 2.51. The number of benzene rings is 1. The number of hydrogen-bond acceptors (Lipinski definition) is 3. The van der Waals surface area contributed by atoms with Crippen LogP contribution in [-0.4, -0.2) is 45.4 Å². The van der Waals surface area contributed by atoms with E-state index in [-0.39, 0.29) is 24.0 Å². The van der Waals surface area contributed by atoms with Gasteiger partial charge in [-0.25, -0.2) is 4.99 Å². The highest BCUT2D eigenvalue weighted by Gasteiger charge is 2.20. The molecule has 0 unspecified atom stereocenters. The highest BCUT2D eigenvalue weighted by molar-refractivity contribution is 14.0. The normalized spacial score (nSPS) is 16.3. The van der Waals surface area contributed by atoms with E-state index in [0.29, 0.717) is 6.54 Å². The van der Waals surface area contributed by atoms with Gasteiger partial charge in [-0.05, 0) is 49.8 Å². The van der Waals surface area contributed by atoms with Crippen molar-refractivity contribution in [2.24, 2.45) is 10.9 Å². The van der Waals surface area contributed by atoms with Crippen molar-refractivity contribution in [2.45, 2.75) is 32.7 Å². The lowest BCUT2D eigenvalue weighted by Crippen LogP contribution is -2.38. The van der Waals surface area contributed by atoms with E-state index in [9.17, 15) is 0 Å². The van der Waals surface area contributed by atoms with E-state index in [1.165, 1.54) is 24.1 Å². The number of aliphatic imine (C=N–C) groups is 1. The van der Waals surface area contributed by atoms with E-state index in [1.54, 1.807) is 0 Å². The number of guanidine groups is 1. The molecule has 1 aliphatic carbocycles. The molecule has 150 valence electrons. The standard InChI is InChI=1S/C21H32N4O.HI/c1-2-22-21(23-11-6-14-26-17-18-9-10-18)24-16-19-7-5-8-20(15-19)25-12-3-4-13-25;/h3-5,7-8,15,18H,2,6,9-14,16-17H2,1H3,(H2,22,23,24);1H. The van der Waals surface area contributed by atoms with Crippen molar-refractivity contribution in [3.63, 3.8) is 0 Å². The second kappa shape index (κ2) is 12.2. The SMILES string of the molecule is CCNC(=NCc1cccc(N2CC=CC2)c1)NCCCOCC1CC1.I. The topological polar surface area (TPSA) is 48.9 Å². The van der Waals surface area contributed by atoms with Crippen molar-refractivity contribution in [3.8, 4) is 0 Å². The molecule has 0 radical (unpaired) electrons.